The summed E-state index contributed by atoms with van der Waals surface area (Å²) >= 11 is 0. The molecular formula is C11H18N6O2. The summed E-state index contributed by atoms with van der Waals surface area (Å²) in [6.07, 6.45) is 0. The molecule has 1 aromatic heterocycles. The van der Waals surface area contributed by atoms with Gasteiger partial charge in [0.1, 0.15) is 6.04 Å². The predicted molar refractivity (Wildman–Crippen MR) is 69.5 cm³/mol. The van der Waals surface area contributed by atoms with Gasteiger partial charge in [-0.1, -0.05) is 5.11 Å². The number of hydrogen-bond acceptors (Lipinski definition) is 5. The standard InChI is InChI=1S/C11H18N6O2/c1-4-19-11(18)10(13-5-6-14-17-12)9-7(2)15-16-8(9)3/h10,13H,4-6H2,1-3H3,(H,15,16). The van der Waals surface area contributed by atoms with E-state index in [1.54, 1.807) is 6.92 Å². The average molecular weight is 266 g/mol. The van der Waals surface area contributed by atoms with Gasteiger partial charge < -0.3 is 10.1 Å². The first kappa shape index (κ1) is 15.0. The van der Waals surface area contributed by atoms with Crippen LogP contribution in [0, 0.1) is 13.8 Å². The Hall–Kier alpha value is -2.05. The summed E-state index contributed by atoms with van der Waals surface area (Å²) < 4.78 is 5.05. The maximum atomic E-state index is 12.0. The van der Waals surface area contributed by atoms with Crippen molar-refractivity contribution in [3.05, 3.63) is 27.4 Å². The van der Waals surface area contributed by atoms with E-state index in [1.807, 2.05) is 13.8 Å². The third-order valence-corrected chi connectivity index (χ3v) is 2.62. The van der Waals surface area contributed by atoms with Gasteiger partial charge in [-0.25, -0.2) is 4.79 Å². The lowest BCUT2D eigenvalue weighted by Crippen LogP contribution is -2.32. The number of carbonyl (C=O) groups excluding carboxylic acids is 1. The number of ether oxygens (including phenoxy) is 1. The number of rotatable bonds is 7. The molecule has 0 fully saturated rings. The molecule has 0 saturated carbocycles. The van der Waals surface area contributed by atoms with Gasteiger partial charge in [-0.05, 0) is 26.3 Å². The third kappa shape index (κ3) is 3.97. The number of nitrogens with one attached hydrogen (secondary N) is 2. The van der Waals surface area contributed by atoms with Crippen LogP contribution in [0.1, 0.15) is 29.9 Å². The van der Waals surface area contributed by atoms with Crippen LogP contribution < -0.4 is 5.32 Å². The molecule has 19 heavy (non-hydrogen) atoms. The first-order chi connectivity index (χ1) is 9.11. The Morgan fingerprint density at radius 1 is 1.63 bits per heavy atom. The molecule has 2 N–H and O–H groups in total. The molecule has 0 aliphatic carbocycles. The van der Waals surface area contributed by atoms with Crippen LogP contribution in [0.25, 0.3) is 10.4 Å². The highest BCUT2D eigenvalue weighted by Gasteiger charge is 2.26. The van der Waals surface area contributed by atoms with E-state index in [0.717, 1.165) is 17.0 Å². The van der Waals surface area contributed by atoms with Gasteiger partial charge in [-0.2, -0.15) is 5.10 Å². The van der Waals surface area contributed by atoms with Gasteiger partial charge in [0.05, 0.1) is 12.3 Å². The first-order valence-corrected chi connectivity index (χ1v) is 6.04. The zero-order chi connectivity index (χ0) is 14.3. The number of aryl methyl sites for hydroxylation is 2. The van der Waals surface area contributed by atoms with Crippen LogP contribution in [0.5, 0.6) is 0 Å². The third-order valence-electron chi connectivity index (χ3n) is 2.62. The fourth-order valence-corrected chi connectivity index (χ4v) is 1.82. The average Bonchev–Trinajstić information content (AvgIpc) is 2.70. The fraction of sp³-hybridized carbons (Fsp3) is 0.636. The van der Waals surface area contributed by atoms with Crippen molar-refractivity contribution >= 4 is 5.97 Å². The van der Waals surface area contributed by atoms with Gasteiger partial charge in [0, 0.05) is 29.3 Å². The Morgan fingerprint density at radius 2 is 2.37 bits per heavy atom. The van der Waals surface area contributed by atoms with Crippen LogP contribution in [-0.4, -0.2) is 35.9 Å². The van der Waals surface area contributed by atoms with Crippen molar-refractivity contribution in [3.8, 4) is 0 Å². The Kier molecular flexibility index (Phi) is 5.84. The zero-order valence-electron chi connectivity index (χ0n) is 11.3. The summed E-state index contributed by atoms with van der Waals surface area (Å²) in [5.41, 5.74) is 10.6. The van der Waals surface area contributed by atoms with Crippen molar-refractivity contribution in [3.63, 3.8) is 0 Å². The zero-order valence-corrected chi connectivity index (χ0v) is 11.3. The lowest BCUT2D eigenvalue weighted by atomic mass is 10.1. The second kappa shape index (κ2) is 7.40. The molecule has 1 atom stereocenters. The van der Waals surface area contributed by atoms with Crippen molar-refractivity contribution in [2.45, 2.75) is 26.8 Å². The topological polar surface area (TPSA) is 116 Å². The van der Waals surface area contributed by atoms with E-state index in [2.05, 4.69) is 25.5 Å². The van der Waals surface area contributed by atoms with Crippen LogP contribution in [0.4, 0.5) is 0 Å². The smallest absolute Gasteiger partial charge is 0.327 e. The Labute approximate surface area is 111 Å². The van der Waals surface area contributed by atoms with Crippen LogP contribution in [-0.2, 0) is 9.53 Å². The number of nitrogens with zero attached hydrogens (tertiary/aromatic N) is 4. The molecule has 0 amide bonds. The minimum Gasteiger partial charge on any atom is -0.465 e. The quantitative estimate of drug-likeness (QED) is 0.256. The number of carbonyl (C=O) groups is 1. The monoisotopic (exact) mass is 266 g/mol. The highest BCUT2D eigenvalue weighted by molar-refractivity contribution is 5.78. The van der Waals surface area contributed by atoms with Gasteiger partial charge in [-0.15, -0.1) is 0 Å². The maximum absolute atomic E-state index is 12.0. The van der Waals surface area contributed by atoms with E-state index in [1.165, 1.54) is 0 Å². The number of H-pyrrole nitrogens is 1. The summed E-state index contributed by atoms with van der Waals surface area (Å²) in [5.74, 6) is -0.365. The van der Waals surface area contributed by atoms with Crippen LogP contribution in [0.2, 0.25) is 0 Å². The Morgan fingerprint density at radius 3 is 2.89 bits per heavy atom. The van der Waals surface area contributed by atoms with E-state index in [9.17, 15) is 4.79 Å². The number of azide groups is 1. The maximum Gasteiger partial charge on any atom is 0.327 e. The Bertz CT molecular complexity index is 458. The summed E-state index contributed by atoms with van der Waals surface area (Å²) in [4.78, 5) is 14.6. The largest absolute Gasteiger partial charge is 0.465 e. The van der Waals surface area contributed by atoms with Crippen LogP contribution in [0.3, 0.4) is 0 Å². The van der Waals surface area contributed by atoms with Gasteiger partial charge in [0.15, 0.2) is 0 Å². The van der Waals surface area contributed by atoms with Gasteiger partial charge in [-0.3, -0.25) is 5.10 Å². The van der Waals surface area contributed by atoms with Crippen molar-refractivity contribution in [2.24, 2.45) is 5.11 Å². The second-order valence-electron chi connectivity index (χ2n) is 3.94. The molecule has 0 aliphatic rings. The summed E-state index contributed by atoms with van der Waals surface area (Å²) in [6, 6.07) is -0.604. The fourth-order valence-electron chi connectivity index (χ4n) is 1.82. The molecule has 1 aromatic rings. The normalized spacial score (nSPS) is 11.7. The second-order valence-corrected chi connectivity index (χ2v) is 3.94. The van der Waals surface area contributed by atoms with E-state index in [-0.39, 0.29) is 12.5 Å². The highest BCUT2D eigenvalue weighted by atomic mass is 16.5. The Balaban J connectivity index is 2.86. The summed E-state index contributed by atoms with van der Waals surface area (Å²) in [5, 5.41) is 13.3. The SMILES string of the molecule is CCOC(=O)C(NCCN=[N+]=[N-])c1c(C)n[nH]c1C. The van der Waals surface area contributed by atoms with Gasteiger partial charge in [0.25, 0.3) is 0 Å². The molecule has 0 spiro atoms. The molecule has 0 radical (unpaired) electrons. The summed E-state index contributed by atoms with van der Waals surface area (Å²) in [6.45, 7) is 6.38. The van der Waals surface area contributed by atoms with E-state index in [4.69, 9.17) is 10.3 Å². The molecule has 0 aliphatic heterocycles. The molecule has 0 bridgehead atoms. The number of esters is 1. The first-order valence-electron chi connectivity index (χ1n) is 6.04. The van der Waals surface area contributed by atoms with Crippen LogP contribution in [0.15, 0.2) is 5.11 Å². The van der Waals surface area contributed by atoms with E-state index >= 15 is 0 Å². The lowest BCUT2D eigenvalue weighted by Gasteiger charge is -2.17. The lowest BCUT2D eigenvalue weighted by molar-refractivity contribution is -0.145. The molecule has 1 rings (SSSR count). The van der Waals surface area contributed by atoms with Crippen molar-refractivity contribution < 1.29 is 9.53 Å². The van der Waals surface area contributed by atoms with Gasteiger partial charge >= 0.3 is 5.97 Å². The minimum absolute atomic E-state index is 0.266. The molecule has 1 heterocycles. The molecule has 8 heteroatoms. The van der Waals surface area contributed by atoms with E-state index < -0.39 is 6.04 Å². The van der Waals surface area contributed by atoms with Crippen LogP contribution >= 0.6 is 0 Å². The summed E-state index contributed by atoms with van der Waals surface area (Å²) in [7, 11) is 0. The van der Waals surface area contributed by atoms with Crippen molar-refractivity contribution in [2.75, 3.05) is 19.7 Å². The molecule has 104 valence electrons. The molecule has 1 unspecified atom stereocenters. The number of aromatic amines is 1. The van der Waals surface area contributed by atoms with Gasteiger partial charge in [0.2, 0.25) is 0 Å². The molecule has 0 saturated heterocycles. The van der Waals surface area contributed by atoms with E-state index in [0.29, 0.717) is 13.2 Å². The molecule has 8 nitrogen and oxygen atoms in total. The number of aromatic nitrogens is 2. The molecular weight excluding hydrogens is 248 g/mol. The minimum atomic E-state index is -0.604. The number of hydrogen-bond donors (Lipinski definition) is 2. The van der Waals surface area contributed by atoms with Crippen molar-refractivity contribution in [1.29, 1.82) is 0 Å². The highest BCUT2D eigenvalue weighted by Crippen LogP contribution is 2.20. The van der Waals surface area contributed by atoms with Crippen molar-refractivity contribution in [1.82, 2.24) is 15.5 Å². The molecule has 0 aromatic carbocycles. The predicted octanol–water partition coefficient (Wildman–Crippen LogP) is 1.53.